The Balaban J connectivity index is 2.09. The van der Waals surface area contributed by atoms with Crippen molar-refractivity contribution in [2.75, 3.05) is 26.1 Å². The summed E-state index contributed by atoms with van der Waals surface area (Å²) in [5, 5.41) is 2.66. The number of aromatic nitrogens is 5. The van der Waals surface area contributed by atoms with Crippen molar-refractivity contribution in [2.24, 2.45) is 0 Å². The van der Waals surface area contributed by atoms with E-state index >= 15 is 0 Å². The van der Waals surface area contributed by atoms with Gasteiger partial charge < -0.3 is 15.0 Å². The number of amides is 1. The fourth-order valence-electron chi connectivity index (χ4n) is 1.42. The monoisotopic (exact) mass is 289 g/mol. The highest BCUT2D eigenvalue weighted by molar-refractivity contribution is 5.91. The molecule has 0 unspecified atom stereocenters. The Hall–Kier alpha value is -2.84. The molecule has 0 fully saturated rings. The minimum atomic E-state index is -0.353. The maximum absolute atomic E-state index is 11.9. The Morgan fingerprint density at radius 2 is 2.10 bits per heavy atom. The van der Waals surface area contributed by atoms with Gasteiger partial charge >= 0.3 is 6.01 Å². The zero-order valence-corrected chi connectivity index (χ0v) is 11.9. The number of nitrogens with zero attached hydrogens (tertiary/aromatic N) is 6. The molecule has 2 heterocycles. The van der Waals surface area contributed by atoms with Crippen LogP contribution in [0.2, 0.25) is 0 Å². The standard InChI is InChI=1S/C12H15N7O2/c1-19(2)11-16-9(17-12(18-11)21-3)7-15-10(20)8-6-13-4-5-14-8/h4-6H,7H2,1-3H3,(H,15,20). The van der Waals surface area contributed by atoms with Crippen molar-refractivity contribution in [3.8, 4) is 6.01 Å². The van der Waals surface area contributed by atoms with E-state index in [-0.39, 0.29) is 24.2 Å². The van der Waals surface area contributed by atoms with Crippen LogP contribution >= 0.6 is 0 Å². The molecule has 110 valence electrons. The first-order valence-corrected chi connectivity index (χ1v) is 6.10. The molecule has 1 N–H and O–H groups in total. The van der Waals surface area contributed by atoms with E-state index in [0.29, 0.717) is 11.8 Å². The van der Waals surface area contributed by atoms with Gasteiger partial charge in [0.25, 0.3) is 5.91 Å². The highest BCUT2D eigenvalue weighted by atomic mass is 16.5. The van der Waals surface area contributed by atoms with Crippen LogP contribution in [0, 0.1) is 0 Å². The molecule has 0 aromatic carbocycles. The van der Waals surface area contributed by atoms with E-state index in [2.05, 4.69) is 30.2 Å². The van der Waals surface area contributed by atoms with Crippen LogP contribution in [0.5, 0.6) is 6.01 Å². The SMILES string of the molecule is COc1nc(CNC(=O)c2cnccn2)nc(N(C)C)n1. The van der Waals surface area contributed by atoms with Crippen molar-refractivity contribution >= 4 is 11.9 Å². The van der Waals surface area contributed by atoms with Crippen LogP contribution in [-0.2, 0) is 6.54 Å². The molecular weight excluding hydrogens is 274 g/mol. The van der Waals surface area contributed by atoms with E-state index < -0.39 is 0 Å². The van der Waals surface area contributed by atoms with Gasteiger partial charge in [-0.15, -0.1) is 0 Å². The number of hydrogen-bond acceptors (Lipinski definition) is 8. The molecule has 1 amide bonds. The van der Waals surface area contributed by atoms with Gasteiger partial charge in [0.2, 0.25) is 5.95 Å². The molecule has 0 aliphatic rings. The summed E-state index contributed by atoms with van der Waals surface area (Å²) in [6.07, 6.45) is 4.33. The topological polar surface area (TPSA) is 106 Å². The van der Waals surface area contributed by atoms with Gasteiger partial charge in [0.05, 0.1) is 19.9 Å². The quantitative estimate of drug-likeness (QED) is 0.797. The summed E-state index contributed by atoms with van der Waals surface area (Å²) in [7, 11) is 5.07. The van der Waals surface area contributed by atoms with Gasteiger partial charge in [-0.3, -0.25) is 9.78 Å². The smallest absolute Gasteiger partial charge is 0.321 e. The second kappa shape index (κ2) is 6.55. The summed E-state index contributed by atoms with van der Waals surface area (Å²) in [5.74, 6) is 0.488. The molecule has 0 bridgehead atoms. The molecule has 0 saturated heterocycles. The lowest BCUT2D eigenvalue weighted by molar-refractivity contribution is 0.0944. The van der Waals surface area contributed by atoms with Crippen molar-refractivity contribution in [1.82, 2.24) is 30.2 Å². The highest BCUT2D eigenvalue weighted by Crippen LogP contribution is 2.09. The molecule has 21 heavy (non-hydrogen) atoms. The van der Waals surface area contributed by atoms with Gasteiger partial charge in [-0.2, -0.15) is 15.0 Å². The third-order valence-electron chi connectivity index (χ3n) is 2.43. The molecule has 9 heteroatoms. The Kier molecular flexibility index (Phi) is 4.54. The van der Waals surface area contributed by atoms with E-state index in [1.54, 1.807) is 19.0 Å². The van der Waals surface area contributed by atoms with E-state index in [4.69, 9.17) is 4.74 Å². The minimum Gasteiger partial charge on any atom is -0.467 e. The highest BCUT2D eigenvalue weighted by Gasteiger charge is 2.11. The summed E-state index contributed by atoms with van der Waals surface area (Å²) < 4.78 is 5.01. The van der Waals surface area contributed by atoms with Crippen molar-refractivity contribution in [3.63, 3.8) is 0 Å². The zero-order valence-electron chi connectivity index (χ0n) is 11.9. The number of carbonyl (C=O) groups is 1. The minimum absolute atomic E-state index is 0.134. The fraction of sp³-hybridized carbons (Fsp3) is 0.333. The second-order valence-electron chi connectivity index (χ2n) is 4.21. The Morgan fingerprint density at radius 1 is 1.29 bits per heavy atom. The van der Waals surface area contributed by atoms with Gasteiger partial charge in [-0.25, -0.2) is 4.98 Å². The van der Waals surface area contributed by atoms with Gasteiger partial charge in [-0.1, -0.05) is 0 Å². The largest absolute Gasteiger partial charge is 0.467 e. The van der Waals surface area contributed by atoms with Gasteiger partial charge in [0.15, 0.2) is 5.82 Å². The molecule has 0 atom stereocenters. The van der Waals surface area contributed by atoms with Crippen molar-refractivity contribution < 1.29 is 9.53 Å². The molecule has 0 saturated carbocycles. The predicted molar refractivity (Wildman–Crippen MR) is 73.9 cm³/mol. The van der Waals surface area contributed by atoms with Crippen LogP contribution in [0.4, 0.5) is 5.95 Å². The average molecular weight is 289 g/mol. The third-order valence-corrected chi connectivity index (χ3v) is 2.43. The van der Waals surface area contributed by atoms with Crippen molar-refractivity contribution in [3.05, 3.63) is 30.1 Å². The van der Waals surface area contributed by atoms with E-state index in [0.717, 1.165) is 0 Å². The lowest BCUT2D eigenvalue weighted by Gasteiger charge is -2.12. The number of ether oxygens (including phenoxy) is 1. The van der Waals surface area contributed by atoms with Crippen molar-refractivity contribution in [1.29, 1.82) is 0 Å². The van der Waals surface area contributed by atoms with E-state index in [1.807, 2.05) is 0 Å². The summed E-state index contributed by atoms with van der Waals surface area (Å²) in [4.78, 5) is 33.7. The van der Waals surface area contributed by atoms with Crippen LogP contribution in [0.15, 0.2) is 18.6 Å². The first-order valence-electron chi connectivity index (χ1n) is 6.10. The first-order chi connectivity index (χ1) is 10.1. The number of carbonyl (C=O) groups excluding carboxylic acids is 1. The van der Waals surface area contributed by atoms with Crippen LogP contribution in [0.1, 0.15) is 16.3 Å². The maximum Gasteiger partial charge on any atom is 0.321 e. The van der Waals surface area contributed by atoms with Crippen molar-refractivity contribution in [2.45, 2.75) is 6.54 Å². The summed E-state index contributed by atoms with van der Waals surface area (Å²) in [6.45, 7) is 0.134. The average Bonchev–Trinajstić information content (AvgIpc) is 2.53. The molecule has 0 aliphatic carbocycles. The van der Waals surface area contributed by atoms with Gasteiger partial charge in [-0.05, 0) is 0 Å². The van der Waals surface area contributed by atoms with E-state index in [9.17, 15) is 4.79 Å². The molecule has 2 aromatic heterocycles. The molecule has 2 aromatic rings. The molecule has 9 nitrogen and oxygen atoms in total. The molecule has 0 radical (unpaired) electrons. The maximum atomic E-state index is 11.9. The number of hydrogen-bond donors (Lipinski definition) is 1. The summed E-state index contributed by atoms with van der Waals surface area (Å²) >= 11 is 0. The molecule has 0 aliphatic heterocycles. The zero-order chi connectivity index (χ0) is 15.2. The molecular formula is C12H15N7O2. The van der Waals surface area contributed by atoms with Crippen LogP contribution in [-0.4, -0.2) is 52.0 Å². The number of rotatable bonds is 5. The lowest BCUT2D eigenvalue weighted by Crippen LogP contribution is -2.26. The predicted octanol–water partition coefficient (Wildman–Crippen LogP) is -0.334. The van der Waals surface area contributed by atoms with Crippen LogP contribution in [0.3, 0.4) is 0 Å². The Labute approximate surface area is 121 Å². The Morgan fingerprint density at radius 3 is 2.71 bits per heavy atom. The van der Waals surface area contributed by atoms with Gasteiger partial charge in [0.1, 0.15) is 5.69 Å². The lowest BCUT2D eigenvalue weighted by atomic mass is 10.4. The molecule has 0 spiro atoms. The number of methoxy groups -OCH3 is 1. The Bertz CT molecular complexity index is 618. The first kappa shape index (κ1) is 14.6. The second-order valence-corrected chi connectivity index (χ2v) is 4.21. The summed E-state index contributed by atoms with van der Waals surface area (Å²) in [6, 6.07) is 0.192. The number of nitrogens with one attached hydrogen (secondary N) is 1. The summed E-state index contributed by atoms with van der Waals surface area (Å²) in [5.41, 5.74) is 0.228. The van der Waals surface area contributed by atoms with Crippen LogP contribution < -0.4 is 15.0 Å². The van der Waals surface area contributed by atoms with E-state index in [1.165, 1.54) is 25.7 Å². The third kappa shape index (κ3) is 3.81. The number of anilines is 1. The normalized spacial score (nSPS) is 10.0. The molecule has 2 rings (SSSR count). The van der Waals surface area contributed by atoms with Crippen LogP contribution in [0.25, 0.3) is 0 Å². The van der Waals surface area contributed by atoms with Gasteiger partial charge in [0, 0.05) is 26.5 Å². The fourth-order valence-corrected chi connectivity index (χ4v) is 1.42.